The third-order valence-corrected chi connectivity index (χ3v) is 4.97. The van der Waals surface area contributed by atoms with E-state index in [0.717, 1.165) is 35.7 Å². The zero-order valence-corrected chi connectivity index (χ0v) is 13.5. The van der Waals surface area contributed by atoms with E-state index in [1.807, 2.05) is 0 Å². The normalized spacial score (nSPS) is 25.6. The van der Waals surface area contributed by atoms with Crippen LogP contribution >= 0.6 is 11.6 Å². The largest absolute Gasteiger partial charge is 0.479 e. The molecule has 0 amide bonds. The summed E-state index contributed by atoms with van der Waals surface area (Å²) in [5.41, 5.74) is 1.61. The highest BCUT2D eigenvalue weighted by molar-refractivity contribution is 6.17. The molecule has 3 rings (SSSR count). The Balaban J connectivity index is 2.17. The Kier molecular flexibility index (Phi) is 4.02. The average Bonchev–Trinajstić information content (AvgIpc) is 3.00. The van der Waals surface area contributed by atoms with Gasteiger partial charge in [-0.1, -0.05) is 13.8 Å². The minimum absolute atomic E-state index is 0.433. The number of halogens is 1. The second-order valence-electron chi connectivity index (χ2n) is 5.87. The number of ether oxygens (including phenoxy) is 1. The van der Waals surface area contributed by atoms with Crippen LogP contribution in [0.4, 0.5) is 0 Å². The molecule has 0 radical (unpaired) electrons. The molecule has 3 unspecified atom stereocenters. The van der Waals surface area contributed by atoms with Gasteiger partial charge in [0.15, 0.2) is 11.2 Å². The van der Waals surface area contributed by atoms with Crippen LogP contribution in [0.2, 0.25) is 0 Å². The van der Waals surface area contributed by atoms with Gasteiger partial charge in [-0.3, -0.25) is 0 Å². The van der Waals surface area contributed by atoms with Crippen molar-refractivity contribution in [2.24, 2.45) is 11.8 Å². The van der Waals surface area contributed by atoms with Crippen molar-refractivity contribution in [3.8, 4) is 5.88 Å². The molecule has 5 nitrogen and oxygen atoms in total. The molecule has 3 atom stereocenters. The van der Waals surface area contributed by atoms with Crippen LogP contribution in [0.15, 0.2) is 6.33 Å². The predicted molar refractivity (Wildman–Crippen MR) is 82.9 cm³/mol. The first-order valence-corrected chi connectivity index (χ1v) is 8.02. The summed E-state index contributed by atoms with van der Waals surface area (Å²) in [7, 11) is 1.61. The Hall–Kier alpha value is -1.36. The van der Waals surface area contributed by atoms with Gasteiger partial charge in [-0.15, -0.1) is 11.6 Å². The minimum Gasteiger partial charge on any atom is -0.479 e. The third kappa shape index (κ3) is 2.37. The van der Waals surface area contributed by atoms with Crippen molar-refractivity contribution in [2.75, 3.05) is 13.0 Å². The van der Waals surface area contributed by atoms with E-state index in [0.29, 0.717) is 23.7 Å². The molecule has 0 bridgehead atoms. The van der Waals surface area contributed by atoms with E-state index in [1.165, 1.54) is 6.42 Å². The molecule has 114 valence electrons. The van der Waals surface area contributed by atoms with Gasteiger partial charge in [-0.05, 0) is 24.7 Å². The fourth-order valence-corrected chi connectivity index (χ4v) is 3.56. The summed E-state index contributed by atoms with van der Waals surface area (Å²) in [6.45, 7) is 4.64. The number of nitrogens with zero attached hydrogens (tertiary/aromatic N) is 4. The van der Waals surface area contributed by atoms with E-state index >= 15 is 0 Å². The van der Waals surface area contributed by atoms with Crippen LogP contribution in [-0.2, 0) is 6.42 Å². The van der Waals surface area contributed by atoms with Crippen LogP contribution in [0, 0.1) is 11.8 Å². The summed E-state index contributed by atoms with van der Waals surface area (Å²) in [5.74, 6) is 3.41. The Morgan fingerprint density at radius 1 is 1.33 bits per heavy atom. The van der Waals surface area contributed by atoms with E-state index < -0.39 is 0 Å². The summed E-state index contributed by atoms with van der Waals surface area (Å²) in [6, 6.07) is 0.433. The Morgan fingerprint density at radius 3 is 2.76 bits per heavy atom. The van der Waals surface area contributed by atoms with Gasteiger partial charge in [-0.2, -0.15) is 4.98 Å². The van der Waals surface area contributed by atoms with Gasteiger partial charge in [-0.25, -0.2) is 9.97 Å². The van der Waals surface area contributed by atoms with Crippen LogP contribution in [0.1, 0.15) is 38.6 Å². The topological polar surface area (TPSA) is 52.8 Å². The molecule has 2 aromatic rings. The van der Waals surface area contributed by atoms with Crippen LogP contribution in [0.25, 0.3) is 11.2 Å². The fraction of sp³-hybridized carbons (Fsp3) is 0.667. The molecule has 1 aliphatic rings. The molecule has 21 heavy (non-hydrogen) atoms. The first-order chi connectivity index (χ1) is 10.2. The lowest BCUT2D eigenvalue weighted by atomic mass is 9.97. The van der Waals surface area contributed by atoms with Crippen molar-refractivity contribution in [1.82, 2.24) is 19.5 Å². The molecule has 0 spiro atoms. The number of imidazole rings is 1. The fourth-order valence-electron chi connectivity index (χ4n) is 3.39. The number of hydrogen-bond acceptors (Lipinski definition) is 4. The minimum atomic E-state index is 0.433. The number of fused-ring (bicyclic) bond motifs is 1. The Bertz CT molecular complexity index is 642. The number of alkyl halides is 1. The molecule has 6 heteroatoms. The second kappa shape index (κ2) is 5.79. The molecular weight excluding hydrogens is 288 g/mol. The van der Waals surface area contributed by atoms with Crippen LogP contribution in [-0.4, -0.2) is 32.5 Å². The quantitative estimate of drug-likeness (QED) is 0.814. The maximum Gasteiger partial charge on any atom is 0.245 e. The van der Waals surface area contributed by atoms with E-state index in [-0.39, 0.29) is 0 Å². The van der Waals surface area contributed by atoms with E-state index in [2.05, 4.69) is 28.4 Å². The second-order valence-corrected chi connectivity index (χ2v) is 6.25. The summed E-state index contributed by atoms with van der Waals surface area (Å²) >= 11 is 5.96. The first-order valence-electron chi connectivity index (χ1n) is 7.49. The summed E-state index contributed by atoms with van der Waals surface area (Å²) < 4.78 is 7.60. The van der Waals surface area contributed by atoms with Gasteiger partial charge in [0.05, 0.1) is 7.11 Å². The molecular formula is C15H21ClN4O. The number of hydrogen-bond donors (Lipinski definition) is 0. The van der Waals surface area contributed by atoms with Gasteiger partial charge in [0, 0.05) is 18.3 Å². The number of aryl methyl sites for hydroxylation is 1. The highest BCUT2D eigenvalue weighted by atomic mass is 35.5. The highest BCUT2D eigenvalue weighted by Gasteiger charge is 2.34. The van der Waals surface area contributed by atoms with Gasteiger partial charge in [0.25, 0.3) is 0 Å². The molecule has 0 saturated heterocycles. The van der Waals surface area contributed by atoms with E-state index in [4.69, 9.17) is 21.3 Å². The standard InChI is InChI=1S/C15H21ClN4O/c1-9-4-5-11(10(9)2)20-12(6-7-16)19-13-14(20)17-8-18-15(13)21-3/h8-11H,4-7H2,1-3H3. The lowest BCUT2D eigenvalue weighted by molar-refractivity contribution is 0.351. The highest BCUT2D eigenvalue weighted by Crippen LogP contribution is 2.42. The van der Waals surface area contributed by atoms with Crippen molar-refractivity contribution in [3.05, 3.63) is 12.2 Å². The zero-order chi connectivity index (χ0) is 15.0. The molecule has 0 N–H and O–H groups in total. The summed E-state index contributed by atoms with van der Waals surface area (Å²) in [4.78, 5) is 13.3. The van der Waals surface area contributed by atoms with Gasteiger partial charge in [0.2, 0.25) is 5.88 Å². The maximum absolute atomic E-state index is 5.96. The molecule has 2 aromatic heterocycles. The molecule has 1 aliphatic carbocycles. The van der Waals surface area contributed by atoms with Crippen molar-refractivity contribution in [1.29, 1.82) is 0 Å². The lowest BCUT2D eigenvalue weighted by Gasteiger charge is -2.22. The number of rotatable bonds is 4. The molecule has 2 heterocycles. The number of methoxy groups -OCH3 is 1. The van der Waals surface area contributed by atoms with E-state index in [1.54, 1.807) is 13.4 Å². The monoisotopic (exact) mass is 308 g/mol. The SMILES string of the molecule is COc1ncnc2c1nc(CCCl)n2C1CCC(C)C1C. The molecule has 1 fully saturated rings. The molecule has 1 saturated carbocycles. The van der Waals surface area contributed by atoms with Gasteiger partial charge >= 0.3 is 0 Å². The van der Waals surface area contributed by atoms with Gasteiger partial charge in [0.1, 0.15) is 12.2 Å². The van der Waals surface area contributed by atoms with Gasteiger partial charge < -0.3 is 9.30 Å². The summed E-state index contributed by atoms with van der Waals surface area (Å²) in [5, 5.41) is 0. The third-order valence-electron chi connectivity index (χ3n) is 4.78. The smallest absolute Gasteiger partial charge is 0.245 e. The van der Waals surface area contributed by atoms with Crippen molar-refractivity contribution < 1.29 is 4.74 Å². The Morgan fingerprint density at radius 2 is 2.14 bits per heavy atom. The molecule has 0 aromatic carbocycles. The van der Waals surface area contributed by atoms with Crippen LogP contribution in [0.3, 0.4) is 0 Å². The van der Waals surface area contributed by atoms with Crippen LogP contribution < -0.4 is 4.74 Å². The predicted octanol–water partition coefficient (Wildman–Crippen LogP) is 3.22. The van der Waals surface area contributed by atoms with Crippen molar-refractivity contribution >= 4 is 22.8 Å². The lowest BCUT2D eigenvalue weighted by Crippen LogP contribution is -2.17. The maximum atomic E-state index is 5.96. The number of aromatic nitrogens is 4. The van der Waals surface area contributed by atoms with Crippen molar-refractivity contribution in [3.63, 3.8) is 0 Å². The Labute approximate surface area is 129 Å². The van der Waals surface area contributed by atoms with Crippen molar-refractivity contribution in [2.45, 2.75) is 39.2 Å². The van der Waals surface area contributed by atoms with Crippen LogP contribution in [0.5, 0.6) is 5.88 Å². The zero-order valence-electron chi connectivity index (χ0n) is 12.7. The summed E-state index contributed by atoms with van der Waals surface area (Å²) in [6.07, 6.45) is 4.69. The van der Waals surface area contributed by atoms with E-state index in [9.17, 15) is 0 Å². The molecule has 0 aliphatic heterocycles. The average molecular weight is 309 g/mol. The first kappa shape index (κ1) is 14.6.